The van der Waals surface area contributed by atoms with E-state index < -0.39 is 5.60 Å². The highest BCUT2D eigenvalue weighted by atomic mass is 19.1. The van der Waals surface area contributed by atoms with Crippen LogP contribution in [0.2, 0.25) is 0 Å². The predicted molar refractivity (Wildman–Crippen MR) is 72.4 cm³/mol. The molecule has 1 saturated heterocycles. The first kappa shape index (κ1) is 14.4. The first-order valence-electron chi connectivity index (χ1n) is 6.88. The van der Waals surface area contributed by atoms with Crippen molar-refractivity contribution in [2.75, 3.05) is 13.2 Å². The minimum atomic E-state index is -0.849. The Labute approximate surface area is 113 Å². The second kappa shape index (κ2) is 5.99. The third-order valence-corrected chi connectivity index (χ3v) is 4.00. The van der Waals surface area contributed by atoms with Crippen molar-refractivity contribution >= 4 is 0 Å². The lowest BCUT2D eigenvalue weighted by Crippen LogP contribution is -2.46. The van der Waals surface area contributed by atoms with E-state index in [0.29, 0.717) is 25.1 Å². The van der Waals surface area contributed by atoms with Gasteiger partial charge in [-0.15, -0.1) is 0 Å². The van der Waals surface area contributed by atoms with Crippen LogP contribution in [0.15, 0.2) is 24.3 Å². The topological polar surface area (TPSA) is 41.5 Å². The van der Waals surface area contributed by atoms with Crippen LogP contribution in [-0.4, -0.2) is 30.0 Å². The SMILES string of the molecule is CCC(NCC1(O)CCOC1C)c1ccccc1F. The summed E-state index contributed by atoms with van der Waals surface area (Å²) in [5, 5.41) is 13.7. The fourth-order valence-electron chi connectivity index (χ4n) is 2.53. The number of nitrogens with one attached hydrogen (secondary N) is 1. The zero-order chi connectivity index (χ0) is 13.9. The van der Waals surface area contributed by atoms with Crippen LogP contribution in [0.25, 0.3) is 0 Å². The molecule has 2 rings (SSSR count). The van der Waals surface area contributed by atoms with Gasteiger partial charge in [0.05, 0.1) is 6.10 Å². The fraction of sp³-hybridized carbons (Fsp3) is 0.600. The molecule has 4 heteroatoms. The van der Waals surface area contributed by atoms with Crippen LogP contribution in [0.3, 0.4) is 0 Å². The Balaban J connectivity index is 2.02. The van der Waals surface area contributed by atoms with Crippen molar-refractivity contribution in [2.45, 2.75) is 44.4 Å². The molecular formula is C15H22FNO2. The van der Waals surface area contributed by atoms with E-state index in [1.807, 2.05) is 19.9 Å². The van der Waals surface area contributed by atoms with Gasteiger partial charge >= 0.3 is 0 Å². The molecule has 2 N–H and O–H groups in total. The summed E-state index contributed by atoms with van der Waals surface area (Å²) in [7, 11) is 0. The first-order chi connectivity index (χ1) is 9.07. The molecule has 1 aromatic rings. The Morgan fingerprint density at radius 3 is 2.84 bits per heavy atom. The number of rotatable bonds is 5. The average molecular weight is 267 g/mol. The molecule has 3 atom stereocenters. The molecule has 0 saturated carbocycles. The maximum absolute atomic E-state index is 13.8. The van der Waals surface area contributed by atoms with Gasteiger partial charge in [0.25, 0.3) is 0 Å². The summed E-state index contributed by atoms with van der Waals surface area (Å²) in [4.78, 5) is 0. The Hall–Kier alpha value is -0.970. The van der Waals surface area contributed by atoms with Crippen LogP contribution < -0.4 is 5.32 Å². The third kappa shape index (κ3) is 3.14. The molecule has 0 amide bonds. The lowest BCUT2D eigenvalue weighted by molar-refractivity contribution is -0.0278. The molecule has 0 radical (unpaired) electrons. The Kier molecular flexibility index (Phi) is 4.55. The van der Waals surface area contributed by atoms with Crippen molar-refractivity contribution in [3.63, 3.8) is 0 Å². The van der Waals surface area contributed by atoms with Crippen LogP contribution in [0.1, 0.15) is 38.3 Å². The molecule has 0 spiro atoms. The largest absolute Gasteiger partial charge is 0.386 e. The zero-order valence-corrected chi connectivity index (χ0v) is 11.5. The Morgan fingerprint density at radius 2 is 2.26 bits per heavy atom. The van der Waals surface area contributed by atoms with Crippen molar-refractivity contribution in [1.82, 2.24) is 5.32 Å². The van der Waals surface area contributed by atoms with E-state index in [2.05, 4.69) is 5.32 Å². The van der Waals surface area contributed by atoms with Crippen LogP contribution in [0.4, 0.5) is 4.39 Å². The minimum Gasteiger partial charge on any atom is -0.386 e. The quantitative estimate of drug-likeness (QED) is 0.861. The maximum Gasteiger partial charge on any atom is 0.127 e. The van der Waals surface area contributed by atoms with Gasteiger partial charge in [0.1, 0.15) is 11.4 Å². The molecule has 1 fully saturated rings. The summed E-state index contributed by atoms with van der Waals surface area (Å²) in [6.07, 6.45) is 1.21. The molecule has 1 aromatic carbocycles. The summed E-state index contributed by atoms with van der Waals surface area (Å²) in [6, 6.07) is 6.69. The van der Waals surface area contributed by atoms with E-state index in [4.69, 9.17) is 4.74 Å². The van der Waals surface area contributed by atoms with Gasteiger partial charge in [-0.2, -0.15) is 0 Å². The van der Waals surface area contributed by atoms with Gasteiger partial charge in [-0.1, -0.05) is 25.1 Å². The van der Waals surface area contributed by atoms with Crippen LogP contribution in [0, 0.1) is 5.82 Å². The van der Waals surface area contributed by atoms with Crippen molar-refractivity contribution in [3.8, 4) is 0 Å². The van der Waals surface area contributed by atoms with Gasteiger partial charge < -0.3 is 15.2 Å². The van der Waals surface area contributed by atoms with Gasteiger partial charge in [-0.3, -0.25) is 0 Å². The molecule has 3 unspecified atom stereocenters. The molecule has 0 aliphatic carbocycles. The van der Waals surface area contributed by atoms with Crippen LogP contribution >= 0.6 is 0 Å². The maximum atomic E-state index is 13.8. The van der Waals surface area contributed by atoms with E-state index in [0.717, 1.165) is 6.42 Å². The predicted octanol–water partition coefficient (Wildman–Crippen LogP) is 2.41. The summed E-state index contributed by atoms with van der Waals surface area (Å²) in [5.74, 6) is -0.204. The Morgan fingerprint density at radius 1 is 1.53 bits per heavy atom. The van der Waals surface area contributed by atoms with E-state index in [1.54, 1.807) is 12.1 Å². The van der Waals surface area contributed by atoms with Crippen molar-refractivity contribution in [3.05, 3.63) is 35.6 Å². The summed E-state index contributed by atoms with van der Waals surface area (Å²) < 4.78 is 19.2. The van der Waals surface area contributed by atoms with Crippen LogP contribution in [-0.2, 0) is 4.74 Å². The molecule has 0 aromatic heterocycles. The van der Waals surface area contributed by atoms with Gasteiger partial charge in [-0.25, -0.2) is 4.39 Å². The second-order valence-corrected chi connectivity index (χ2v) is 5.23. The highest BCUT2D eigenvalue weighted by Crippen LogP contribution is 2.27. The minimum absolute atomic E-state index is 0.0852. The van der Waals surface area contributed by atoms with E-state index >= 15 is 0 Å². The lowest BCUT2D eigenvalue weighted by Gasteiger charge is -2.29. The summed E-state index contributed by atoms with van der Waals surface area (Å²) >= 11 is 0. The normalized spacial score (nSPS) is 28.5. The average Bonchev–Trinajstić information content (AvgIpc) is 2.73. The number of hydrogen-bond donors (Lipinski definition) is 2. The van der Waals surface area contributed by atoms with E-state index in [1.165, 1.54) is 6.07 Å². The number of aliphatic hydroxyl groups is 1. The number of hydrogen-bond acceptors (Lipinski definition) is 3. The Bertz CT molecular complexity index is 426. The summed E-state index contributed by atoms with van der Waals surface area (Å²) in [5.41, 5.74) is -0.196. The molecule has 106 valence electrons. The highest BCUT2D eigenvalue weighted by Gasteiger charge is 2.39. The van der Waals surface area contributed by atoms with Crippen LogP contribution in [0.5, 0.6) is 0 Å². The fourth-order valence-corrected chi connectivity index (χ4v) is 2.53. The molecule has 3 nitrogen and oxygen atoms in total. The van der Waals surface area contributed by atoms with Gasteiger partial charge in [0, 0.05) is 31.2 Å². The first-order valence-corrected chi connectivity index (χ1v) is 6.88. The third-order valence-electron chi connectivity index (χ3n) is 4.00. The van der Waals surface area contributed by atoms with Gasteiger partial charge in [0.2, 0.25) is 0 Å². The zero-order valence-electron chi connectivity index (χ0n) is 11.5. The molecular weight excluding hydrogens is 245 g/mol. The van der Waals surface area contributed by atoms with E-state index in [-0.39, 0.29) is 18.0 Å². The van der Waals surface area contributed by atoms with Gasteiger partial charge in [0.15, 0.2) is 0 Å². The summed E-state index contributed by atoms with van der Waals surface area (Å²) in [6.45, 7) is 4.87. The van der Waals surface area contributed by atoms with Gasteiger partial charge in [-0.05, 0) is 19.4 Å². The molecule has 1 aliphatic heterocycles. The molecule has 1 aliphatic rings. The van der Waals surface area contributed by atoms with Crippen molar-refractivity contribution < 1.29 is 14.2 Å². The monoisotopic (exact) mass is 267 g/mol. The standard InChI is InChI=1S/C15H22FNO2/c1-3-14(12-6-4-5-7-13(12)16)17-10-15(18)8-9-19-11(15)2/h4-7,11,14,17-18H,3,8-10H2,1-2H3. The van der Waals surface area contributed by atoms with E-state index in [9.17, 15) is 9.50 Å². The smallest absolute Gasteiger partial charge is 0.127 e. The highest BCUT2D eigenvalue weighted by molar-refractivity contribution is 5.21. The lowest BCUT2D eigenvalue weighted by atomic mass is 9.95. The van der Waals surface area contributed by atoms with Crippen molar-refractivity contribution in [1.29, 1.82) is 0 Å². The molecule has 1 heterocycles. The second-order valence-electron chi connectivity index (χ2n) is 5.23. The molecule has 19 heavy (non-hydrogen) atoms. The number of benzene rings is 1. The van der Waals surface area contributed by atoms with Crippen molar-refractivity contribution in [2.24, 2.45) is 0 Å². The number of halogens is 1. The number of ether oxygens (including phenoxy) is 1. The molecule has 0 bridgehead atoms.